The summed E-state index contributed by atoms with van der Waals surface area (Å²) in [6, 6.07) is 13.5. The van der Waals surface area contributed by atoms with Crippen molar-refractivity contribution in [2.75, 3.05) is 25.2 Å². The Bertz CT molecular complexity index is 1480. The normalized spacial score (nSPS) is 19.9. The predicted molar refractivity (Wildman–Crippen MR) is 140 cm³/mol. The fourth-order valence-corrected chi connectivity index (χ4v) is 5.77. The molecule has 1 fully saturated rings. The lowest BCUT2D eigenvalue weighted by Crippen LogP contribution is -2.34. The molecule has 2 aliphatic heterocycles. The highest BCUT2D eigenvalue weighted by atomic mass is 19.1. The van der Waals surface area contributed by atoms with Crippen molar-refractivity contribution >= 4 is 16.9 Å². The van der Waals surface area contributed by atoms with Gasteiger partial charge >= 0.3 is 0 Å². The molecule has 2 aromatic carbocycles. The Morgan fingerprint density at radius 3 is 2.68 bits per heavy atom. The molecule has 6 rings (SSSR count). The third kappa shape index (κ3) is 4.17. The van der Waals surface area contributed by atoms with Crippen LogP contribution in [0.1, 0.15) is 37.8 Å². The average molecular weight is 504 g/mol. The maximum Gasteiger partial charge on any atom is 0.274 e. The first kappa shape index (κ1) is 23.7. The average Bonchev–Trinajstić information content (AvgIpc) is 3.61. The van der Waals surface area contributed by atoms with E-state index < -0.39 is 6.36 Å². The number of anilines is 1. The van der Waals surface area contributed by atoms with Crippen LogP contribution in [0.3, 0.4) is 0 Å². The summed E-state index contributed by atoms with van der Waals surface area (Å²) < 4.78 is 28.4. The van der Waals surface area contributed by atoms with Gasteiger partial charge in [0.25, 0.3) is 5.56 Å². The first-order chi connectivity index (χ1) is 18.0. The summed E-state index contributed by atoms with van der Waals surface area (Å²) in [6.45, 7) is 3.54. The Balaban J connectivity index is 1.37. The number of ether oxygens (including phenoxy) is 2. The summed E-state index contributed by atoms with van der Waals surface area (Å²) >= 11 is 0. The molecule has 37 heavy (non-hydrogen) atoms. The van der Waals surface area contributed by atoms with E-state index in [1.165, 1.54) is 6.92 Å². The summed E-state index contributed by atoms with van der Waals surface area (Å²) in [4.78, 5) is 24.7. The van der Waals surface area contributed by atoms with Gasteiger partial charge in [-0.3, -0.25) is 9.48 Å². The van der Waals surface area contributed by atoms with Crippen LogP contribution in [0.2, 0.25) is 0 Å². The standard InChI is InChI=1S/C28H30FN5O3/c1-18(29)37-26-8-4-3-7-22(26)24-11-13-33-27(35)23-10-9-19(14-25(23)34(24)33)20-15-30-28(31-16-20)32-12-5-6-21(32)17-36-2/h3-4,7-10,14-16,18,21,24H,5-6,11-13,17H2,1-2H3/t18?,21-,24-/m1/s1. The number of nitrogens with zero attached hydrogens (tertiary/aromatic N) is 5. The van der Waals surface area contributed by atoms with Crippen LogP contribution in [0.15, 0.2) is 59.7 Å². The number of rotatable bonds is 7. The van der Waals surface area contributed by atoms with Gasteiger partial charge in [-0.15, -0.1) is 0 Å². The Hall–Kier alpha value is -3.72. The topological polar surface area (TPSA) is 74.4 Å². The van der Waals surface area contributed by atoms with E-state index in [-0.39, 0.29) is 11.6 Å². The van der Waals surface area contributed by atoms with Crippen molar-refractivity contribution in [3.05, 3.63) is 70.8 Å². The van der Waals surface area contributed by atoms with Crippen LogP contribution >= 0.6 is 0 Å². The van der Waals surface area contributed by atoms with E-state index in [1.807, 2.05) is 53.5 Å². The zero-order chi connectivity index (χ0) is 25.5. The molecule has 0 spiro atoms. The molecular weight excluding hydrogens is 473 g/mol. The van der Waals surface area contributed by atoms with Crippen molar-refractivity contribution in [1.29, 1.82) is 0 Å². The summed E-state index contributed by atoms with van der Waals surface area (Å²) in [6.07, 6.45) is 5.16. The Labute approximate surface area is 214 Å². The number of para-hydroxylation sites is 1. The van der Waals surface area contributed by atoms with Gasteiger partial charge in [0.05, 0.1) is 29.6 Å². The molecule has 0 aliphatic carbocycles. The van der Waals surface area contributed by atoms with Crippen LogP contribution in [0, 0.1) is 0 Å². The predicted octanol–water partition coefficient (Wildman–Crippen LogP) is 4.56. The Morgan fingerprint density at radius 2 is 1.89 bits per heavy atom. The molecule has 2 aliphatic rings. The quantitative estimate of drug-likeness (QED) is 0.368. The van der Waals surface area contributed by atoms with Gasteiger partial charge in [-0.2, -0.15) is 0 Å². The molecule has 0 radical (unpaired) electrons. The van der Waals surface area contributed by atoms with Gasteiger partial charge in [-0.1, -0.05) is 24.3 Å². The second kappa shape index (κ2) is 9.63. The van der Waals surface area contributed by atoms with Gasteiger partial charge in [-0.25, -0.2) is 19.0 Å². The zero-order valence-electron chi connectivity index (χ0n) is 21.0. The van der Waals surface area contributed by atoms with Crippen molar-refractivity contribution in [3.63, 3.8) is 0 Å². The molecule has 2 aromatic heterocycles. The number of aromatic nitrogens is 4. The second-order valence-corrected chi connectivity index (χ2v) is 9.72. The molecule has 4 heterocycles. The maximum absolute atomic E-state index is 13.7. The number of fused-ring (bicyclic) bond motifs is 3. The van der Waals surface area contributed by atoms with Gasteiger partial charge in [0, 0.05) is 50.6 Å². The largest absolute Gasteiger partial charge is 0.460 e. The third-order valence-electron chi connectivity index (χ3n) is 7.41. The summed E-state index contributed by atoms with van der Waals surface area (Å²) in [5, 5.41) is 0.655. The smallest absolute Gasteiger partial charge is 0.274 e. The van der Waals surface area contributed by atoms with Crippen LogP contribution in [0.25, 0.3) is 22.0 Å². The van der Waals surface area contributed by atoms with E-state index in [0.29, 0.717) is 36.3 Å². The van der Waals surface area contributed by atoms with Crippen molar-refractivity contribution in [3.8, 4) is 16.9 Å². The molecule has 9 heteroatoms. The maximum atomic E-state index is 13.7. The van der Waals surface area contributed by atoms with Gasteiger partial charge in [0.1, 0.15) is 5.75 Å². The third-order valence-corrected chi connectivity index (χ3v) is 7.41. The molecule has 0 saturated carbocycles. The summed E-state index contributed by atoms with van der Waals surface area (Å²) in [5.74, 6) is 1.21. The van der Waals surface area contributed by atoms with E-state index >= 15 is 0 Å². The molecule has 4 aromatic rings. The van der Waals surface area contributed by atoms with E-state index in [0.717, 1.165) is 48.0 Å². The highest BCUT2D eigenvalue weighted by molar-refractivity contribution is 5.84. The number of halogens is 1. The van der Waals surface area contributed by atoms with Gasteiger partial charge < -0.3 is 14.4 Å². The molecule has 0 N–H and O–H groups in total. The van der Waals surface area contributed by atoms with E-state index in [4.69, 9.17) is 9.47 Å². The van der Waals surface area contributed by atoms with Crippen LogP contribution in [0.4, 0.5) is 10.3 Å². The number of hydrogen-bond donors (Lipinski definition) is 0. The molecule has 3 atom stereocenters. The van der Waals surface area contributed by atoms with Crippen molar-refractivity contribution in [2.45, 2.75) is 51.2 Å². The monoisotopic (exact) mass is 503 g/mol. The minimum absolute atomic E-state index is 0.0221. The van der Waals surface area contributed by atoms with Gasteiger partial charge in [0.2, 0.25) is 12.3 Å². The molecule has 1 unspecified atom stereocenters. The van der Waals surface area contributed by atoms with Crippen molar-refractivity contribution in [1.82, 2.24) is 19.3 Å². The number of benzene rings is 2. The van der Waals surface area contributed by atoms with Crippen LogP contribution in [-0.4, -0.2) is 52.0 Å². The highest BCUT2D eigenvalue weighted by Gasteiger charge is 2.30. The molecule has 0 bridgehead atoms. The Morgan fingerprint density at radius 1 is 1.08 bits per heavy atom. The molecule has 8 nitrogen and oxygen atoms in total. The highest BCUT2D eigenvalue weighted by Crippen LogP contribution is 2.37. The lowest BCUT2D eigenvalue weighted by atomic mass is 10.0. The summed E-state index contributed by atoms with van der Waals surface area (Å²) in [7, 11) is 1.72. The summed E-state index contributed by atoms with van der Waals surface area (Å²) in [5.41, 5.74) is 3.49. The molecule has 1 saturated heterocycles. The number of alkyl halides is 1. The minimum atomic E-state index is -1.42. The van der Waals surface area contributed by atoms with E-state index in [9.17, 15) is 9.18 Å². The van der Waals surface area contributed by atoms with Crippen molar-refractivity contribution < 1.29 is 13.9 Å². The molecular formula is C28H30FN5O3. The number of hydrogen-bond acceptors (Lipinski definition) is 6. The minimum Gasteiger partial charge on any atom is -0.460 e. The molecule has 0 amide bonds. The zero-order valence-corrected chi connectivity index (χ0v) is 21.0. The van der Waals surface area contributed by atoms with Crippen LogP contribution in [-0.2, 0) is 11.3 Å². The Kier molecular flexibility index (Phi) is 6.16. The van der Waals surface area contributed by atoms with Crippen LogP contribution < -0.4 is 15.2 Å². The lowest BCUT2D eigenvalue weighted by molar-refractivity contribution is 0.0843. The first-order valence-electron chi connectivity index (χ1n) is 12.8. The van der Waals surface area contributed by atoms with E-state index in [2.05, 4.69) is 14.9 Å². The molecule has 192 valence electrons. The fourth-order valence-electron chi connectivity index (χ4n) is 5.77. The fraction of sp³-hybridized carbons (Fsp3) is 0.393. The lowest BCUT2D eigenvalue weighted by Gasteiger charge is -2.23. The van der Waals surface area contributed by atoms with E-state index in [1.54, 1.807) is 17.9 Å². The van der Waals surface area contributed by atoms with Gasteiger partial charge in [-0.05, 0) is 43.0 Å². The SMILES string of the molecule is COC[C@H]1CCCN1c1ncc(-c2ccc3c(=O)n4n(c3c2)[C@@H](c2ccccc2OC(C)F)CC4)cn1. The van der Waals surface area contributed by atoms with Crippen molar-refractivity contribution in [2.24, 2.45) is 0 Å². The number of methoxy groups -OCH3 is 1. The van der Waals surface area contributed by atoms with Crippen LogP contribution in [0.5, 0.6) is 5.75 Å². The second-order valence-electron chi connectivity index (χ2n) is 9.72. The first-order valence-corrected chi connectivity index (χ1v) is 12.8. The van der Waals surface area contributed by atoms with Gasteiger partial charge in [0.15, 0.2) is 0 Å².